The van der Waals surface area contributed by atoms with E-state index in [1.165, 1.54) is 11.8 Å². The third kappa shape index (κ3) is 2.83. The third-order valence-corrected chi connectivity index (χ3v) is 3.36. The van der Waals surface area contributed by atoms with Crippen molar-refractivity contribution in [3.8, 4) is 0 Å². The maximum atomic E-state index is 4.38. The number of aromatic amines is 1. The number of rotatable bonds is 4. The molecule has 0 aliphatic carbocycles. The van der Waals surface area contributed by atoms with E-state index in [2.05, 4.69) is 38.5 Å². The highest BCUT2D eigenvalue weighted by atomic mass is 32.2. The maximum absolute atomic E-state index is 4.38. The van der Waals surface area contributed by atoms with Crippen molar-refractivity contribution in [2.24, 2.45) is 0 Å². The van der Waals surface area contributed by atoms with E-state index in [4.69, 9.17) is 0 Å². The molecule has 90 valence electrons. The number of hydrogen-bond acceptors (Lipinski definition) is 5. The fraction of sp³-hybridized carbons (Fsp3) is 0.364. The molecule has 0 aromatic carbocycles. The molecule has 2 N–H and O–H groups in total. The van der Waals surface area contributed by atoms with E-state index in [9.17, 15) is 0 Å². The van der Waals surface area contributed by atoms with Gasteiger partial charge in [-0.1, -0.05) is 6.07 Å². The number of H-pyrrole nitrogens is 1. The molecule has 0 saturated carbocycles. The van der Waals surface area contributed by atoms with Crippen LogP contribution in [0.25, 0.3) is 0 Å². The molecule has 2 heterocycles. The molecule has 0 aliphatic rings. The van der Waals surface area contributed by atoms with Gasteiger partial charge in [-0.3, -0.25) is 5.10 Å². The molecule has 5 nitrogen and oxygen atoms in total. The Morgan fingerprint density at radius 2 is 2.29 bits per heavy atom. The van der Waals surface area contributed by atoms with Crippen molar-refractivity contribution in [2.75, 3.05) is 7.05 Å². The van der Waals surface area contributed by atoms with Crippen LogP contribution in [0.5, 0.6) is 0 Å². The third-order valence-electron chi connectivity index (χ3n) is 2.46. The lowest BCUT2D eigenvalue weighted by Gasteiger charge is -2.13. The average Bonchev–Trinajstić information content (AvgIpc) is 2.74. The first-order valence-electron chi connectivity index (χ1n) is 5.39. The van der Waals surface area contributed by atoms with E-state index in [0.29, 0.717) is 5.16 Å². The van der Waals surface area contributed by atoms with Crippen LogP contribution in [0, 0.1) is 6.92 Å². The molecular weight excluding hydrogens is 234 g/mol. The first-order valence-corrected chi connectivity index (χ1v) is 6.21. The van der Waals surface area contributed by atoms with Gasteiger partial charge in [0.05, 0.1) is 0 Å². The van der Waals surface area contributed by atoms with E-state index in [-0.39, 0.29) is 6.04 Å². The second-order valence-corrected chi connectivity index (χ2v) is 4.67. The molecule has 0 saturated heterocycles. The number of aromatic nitrogens is 4. The standard InChI is InChI=1S/C11H15N5S/c1-7(12-3)9-5-4-6-13-10(9)17-11-14-8(2)15-16-11/h4-7,12H,1-3H3,(H,14,15,16). The minimum Gasteiger partial charge on any atom is -0.313 e. The van der Waals surface area contributed by atoms with Gasteiger partial charge in [0, 0.05) is 17.8 Å². The van der Waals surface area contributed by atoms with Crippen LogP contribution in [0.4, 0.5) is 0 Å². The van der Waals surface area contributed by atoms with E-state index >= 15 is 0 Å². The Hall–Kier alpha value is -1.40. The number of aryl methyl sites for hydroxylation is 1. The van der Waals surface area contributed by atoms with Crippen LogP contribution in [-0.2, 0) is 0 Å². The quantitative estimate of drug-likeness (QED) is 0.866. The number of nitrogens with one attached hydrogen (secondary N) is 2. The predicted octanol–water partition coefficient (Wildman–Crippen LogP) is 1.94. The van der Waals surface area contributed by atoms with Crippen molar-refractivity contribution in [2.45, 2.75) is 30.1 Å². The minimum atomic E-state index is 0.256. The molecule has 2 aromatic rings. The Labute approximate surface area is 104 Å². The largest absolute Gasteiger partial charge is 0.313 e. The zero-order valence-electron chi connectivity index (χ0n) is 10.1. The molecule has 0 fully saturated rings. The molecule has 0 bridgehead atoms. The molecule has 0 aliphatic heterocycles. The highest BCUT2D eigenvalue weighted by Gasteiger charge is 2.12. The van der Waals surface area contributed by atoms with Gasteiger partial charge in [0.1, 0.15) is 10.9 Å². The van der Waals surface area contributed by atoms with Gasteiger partial charge in [-0.2, -0.15) is 0 Å². The lowest BCUT2D eigenvalue weighted by atomic mass is 10.1. The normalized spacial score (nSPS) is 12.6. The monoisotopic (exact) mass is 249 g/mol. The summed E-state index contributed by atoms with van der Waals surface area (Å²) in [5.41, 5.74) is 1.16. The lowest BCUT2D eigenvalue weighted by molar-refractivity contribution is 0.634. The topological polar surface area (TPSA) is 66.5 Å². The summed E-state index contributed by atoms with van der Waals surface area (Å²) < 4.78 is 0. The van der Waals surface area contributed by atoms with E-state index in [0.717, 1.165) is 16.4 Å². The van der Waals surface area contributed by atoms with E-state index in [1.54, 1.807) is 6.20 Å². The van der Waals surface area contributed by atoms with E-state index in [1.807, 2.05) is 20.0 Å². The fourth-order valence-electron chi connectivity index (χ4n) is 1.43. The van der Waals surface area contributed by atoms with Crippen LogP contribution in [0.1, 0.15) is 24.4 Å². The van der Waals surface area contributed by atoms with Crippen molar-refractivity contribution in [3.63, 3.8) is 0 Å². The van der Waals surface area contributed by atoms with Gasteiger partial charge in [0.2, 0.25) is 5.16 Å². The van der Waals surface area contributed by atoms with Crippen LogP contribution in [0.2, 0.25) is 0 Å². The Morgan fingerprint density at radius 3 is 2.94 bits per heavy atom. The van der Waals surface area contributed by atoms with Crippen LogP contribution >= 0.6 is 11.8 Å². The SMILES string of the molecule is CNC(C)c1cccnc1Sc1n[nH]c(C)n1. The summed E-state index contributed by atoms with van der Waals surface area (Å²) >= 11 is 1.47. The zero-order valence-corrected chi connectivity index (χ0v) is 10.9. The molecule has 1 unspecified atom stereocenters. The predicted molar refractivity (Wildman–Crippen MR) is 67.0 cm³/mol. The number of pyridine rings is 1. The molecule has 2 aromatic heterocycles. The summed E-state index contributed by atoms with van der Waals surface area (Å²) in [6.45, 7) is 3.98. The van der Waals surface area contributed by atoms with Gasteiger partial charge in [-0.05, 0) is 38.7 Å². The van der Waals surface area contributed by atoms with Gasteiger partial charge in [-0.15, -0.1) is 5.10 Å². The molecule has 0 spiro atoms. The smallest absolute Gasteiger partial charge is 0.214 e. The van der Waals surface area contributed by atoms with E-state index < -0.39 is 0 Å². The number of nitrogens with zero attached hydrogens (tertiary/aromatic N) is 3. The summed E-state index contributed by atoms with van der Waals surface area (Å²) in [4.78, 5) is 8.65. The highest BCUT2D eigenvalue weighted by molar-refractivity contribution is 7.99. The van der Waals surface area contributed by atoms with Gasteiger partial charge in [-0.25, -0.2) is 9.97 Å². The van der Waals surface area contributed by atoms with Crippen LogP contribution in [-0.4, -0.2) is 27.2 Å². The molecule has 2 rings (SSSR count). The fourth-order valence-corrected chi connectivity index (χ4v) is 2.35. The minimum absolute atomic E-state index is 0.256. The maximum Gasteiger partial charge on any atom is 0.214 e. The Bertz CT molecular complexity index is 496. The van der Waals surface area contributed by atoms with Crippen LogP contribution < -0.4 is 5.32 Å². The molecular formula is C11H15N5S. The first-order chi connectivity index (χ1) is 8.20. The summed E-state index contributed by atoms with van der Waals surface area (Å²) in [5.74, 6) is 0.812. The highest BCUT2D eigenvalue weighted by Crippen LogP contribution is 2.28. The molecule has 1 atom stereocenters. The van der Waals surface area contributed by atoms with Crippen molar-refractivity contribution in [1.82, 2.24) is 25.5 Å². The summed E-state index contributed by atoms with van der Waals surface area (Å²) in [7, 11) is 1.93. The van der Waals surface area contributed by atoms with Crippen LogP contribution in [0.3, 0.4) is 0 Å². The Morgan fingerprint density at radius 1 is 1.47 bits per heavy atom. The van der Waals surface area contributed by atoms with Crippen LogP contribution in [0.15, 0.2) is 28.5 Å². The van der Waals surface area contributed by atoms with Gasteiger partial charge >= 0.3 is 0 Å². The van der Waals surface area contributed by atoms with Crippen molar-refractivity contribution in [3.05, 3.63) is 29.7 Å². The van der Waals surface area contributed by atoms with Crippen molar-refractivity contribution < 1.29 is 0 Å². The van der Waals surface area contributed by atoms with Gasteiger partial charge < -0.3 is 5.32 Å². The Kier molecular flexibility index (Phi) is 3.75. The lowest BCUT2D eigenvalue weighted by Crippen LogP contribution is -2.13. The molecule has 6 heteroatoms. The first kappa shape index (κ1) is 12.1. The Balaban J connectivity index is 2.26. The molecule has 0 radical (unpaired) electrons. The van der Waals surface area contributed by atoms with Crippen molar-refractivity contribution >= 4 is 11.8 Å². The summed E-state index contributed by atoms with van der Waals surface area (Å²) in [6.07, 6.45) is 1.79. The summed E-state index contributed by atoms with van der Waals surface area (Å²) in [5, 5.41) is 11.8. The molecule has 17 heavy (non-hydrogen) atoms. The second kappa shape index (κ2) is 5.29. The van der Waals surface area contributed by atoms with Gasteiger partial charge in [0.25, 0.3) is 0 Å². The van der Waals surface area contributed by atoms with Crippen molar-refractivity contribution in [1.29, 1.82) is 0 Å². The average molecular weight is 249 g/mol. The van der Waals surface area contributed by atoms with Gasteiger partial charge in [0.15, 0.2) is 0 Å². The second-order valence-electron chi connectivity index (χ2n) is 3.71. The molecule has 0 amide bonds. The summed E-state index contributed by atoms with van der Waals surface area (Å²) in [6, 6.07) is 4.26. The zero-order chi connectivity index (χ0) is 12.3. The number of hydrogen-bond donors (Lipinski definition) is 2.